The number of hydrogen-bond donors (Lipinski definition) is 2. The molecule has 1 unspecified atom stereocenters. The van der Waals surface area contributed by atoms with E-state index in [0.717, 1.165) is 0 Å². The van der Waals surface area contributed by atoms with Crippen molar-refractivity contribution in [1.82, 2.24) is 9.78 Å². The lowest BCUT2D eigenvalue weighted by Gasteiger charge is -2.18. The van der Waals surface area contributed by atoms with Crippen molar-refractivity contribution < 1.29 is 9.53 Å². The average molecular weight is 309 g/mol. The average Bonchev–Trinajstić information content (AvgIpc) is 2.71. The summed E-state index contributed by atoms with van der Waals surface area (Å²) < 4.78 is 6.88. The number of nitrogens with zero attached hydrogens (tertiary/aromatic N) is 2. The summed E-state index contributed by atoms with van der Waals surface area (Å²) in [6.07, 6.45) is 0. The molecular weight excluding hydrogens is 292 g/mol. The number of benzene rings is 1. The minimum atomic E-state index is -0.784. The first-order valence-electron chi connectivity index (χ1n) is 6.33. The molecule has 6 nitrogen and oxygen atoms in total. The van der Waals surface area contributed by atoms with Crippen LogP contribution in [0.1, 0.15) is 17.3 Å². The number of aromatic nitrogens is 2. The van der Waals surface area contributed by atoms with Crippen LogP contribution in [0.4, 0.5) is 5.69 Å². The number of nitrogens with two attached hydrogens (primary N) is 1. The molecule has 0 bridgehead atoms. The summed E-state index contributed by atoms with van der Waals surface area (Å²) in [5.41, 5.74) is 7.42. The smallest absolute Gasteiger partial charge is 0.244 e. The molecule has 0 aliphatic heterocycles. The van der Waals surface area contributed by atoms with Crippen molar-refractivity contribution >= 4 is 23.2 Å². The van der Waals surface area contributed by atoms with Gasteiger partial charge in [0.25, 0.3) is 0 Å². The maximum absolute atomic E-state index is 11.9. The Morgan fingerprint density at radius 1 is 1.48 bits per heavy atom. The minimum absolute atomic E-state index is 0.482. The number of para-hydroxylation sites is 1. The van der Waals surface area contributed by atoms with Gasteiger partial charge < -0.3 is 15.8 Å². The zero-order valence-electron chi connectivity index (χ0n) is 12.1. The molecule has 0 aliphatic carbocycles. The Labute approximate surface area is 127 Å². The monoisotopic (exact) mass is 308 g/mol. The zero-order chi connectivity index (χ0) is 15.6. The van der Waals surface area contributed by atoms with E-state index in [0.29, 0.717) is 27.8 Å². The Bertz CT molecular complexity index is 669. The number of primary amides is 1. The van der Waals surface area contributed by atoms with Gasteiger partial charge in [0, 0.05) is 7.05 Å². The maximum atomic E-state index is 11.9. The zero-order valence-corrected chi connectivity index (χ0v) is 12.8. The van der Waals surface area contributed by atoms with Crippen molar-refractivity contribution in [1.29, 1.82) is 0 Å². The number of methoxy groups -OCH3 is 1. The molecule has 2 rings (SSSR count). The van der Waals surface area contributed by atoms with Crippen LogP contribution in [0, 0.1) is 6.92 Å². The van der Waals surface area contributed by atoms with Gasteiger partial charge in [0.15, 0.2) is 0 Å². The van der Waals surface area contributed by atoms with Gasteiger partial charge in [-0.05, 0) is 19.1 Å². The minimum Gasteiger partial charge on any atom is -0.481 e. The molecule has 7 heteroatoms. The molecule has 1 atom stereocenters. The quantitative estimate of drug-likeness (QED) is 0.885. The number of rotatable bonds is 5. The van der Waals surface area contributed by atoms with E-state index in [1.54, 1.807) is 30.8 Å². The summed E-state index contributed by atoms with van der Waals surface area (Å²) in [5, 5.41) is 7.82. The van der Waals surface area contributed by atoms with Crippen LogP contribution >= 0.6 is 11.6 Å². The van der Waals surface area contributed by atoms with Crippen LogP contribution in [0.25, 0.3) is 0 Å². The number of anilines is 1. The highest BCUT2D eigenvalue weighted by molar-refractivity contribution is 6.33. The summed E-state index contributed by atoms with van der Waals surface area (Å²) in [6, 6.07) is 6.35. The number of hydrogen-bond acceptors (Lipinski definition) is 4. The number of amides is 1. The van der Waals surface area contributed by atoms with E-state index >= 15 is 0 Å². The summed E-state index contributed by atoms with van der Waals surface area (Å²) in [4.78, 5) is 11.9. The first kappa shape index (κ1) is 15.2. The fourth-order valence-electron chi connectivity index (χ4n) is 2.25. The third-order valence-electron chi connectivity index (χ3n) is 3.15. The Morgan fingerprint density at radius 3 is 2.71 bits per heavy atom. The predicted molar refractivity (Wildman–Crippen MR) is 81.5 cm³/mol. The van der Waals surface area contributed by atoms with Crippen molar-refractivity contribution in [2.24, 2.45) is 12.8 Å². The van der Waals surface area contributed by atoms with Crippen molar-refractivity contribution in [2.45, 2.75) is 13.0 Å². The van der Waals surface area contributed by atoms with Gasteiger partial charge in [-0.2, -0.15) is 5.10 Å². The molecule has 1 amide bonds. The van der Waals surface area contributed by atoms with E-state index in [1.165, 1.54) is 7.11 Å². The molecule has 0 aliphatic rings. The third-order valence-corrected chi connectivity index (χ3v) is 3.48. The molecule has 3 N–H and O–H groups in total. The lowest BCUT2D eigenvalue weighted by molar-refractivity contribution is -0.118. The molecule has 21 heavy (non-hydrogen) atoms. The van der Waals surface area contributed by atoms with Crippen LogP contribution < -0.4 is 15.8 Å². The fraction of sp³-hybridized carbons (Fsp3) is 0.286. The van der Waals surface area contributed by atoms with Crippen LogP contribution in [0.5, 0.6) is 5.88 Å². The second-order valence-corrected chi connectivity index (χ2v) is 5.00. The number of carbonyl (C=O) groups is 1. The van der Waals surface area contributed by atoms with Gasteiger partial charge in [0.2, 0.25) is 11.8 Å². The number of carbonyl (C=O) groups excluding carboxylic acids is 1. The van der Waals surface area contributed by atoms with Gasteiger partial charge in [0.05, 0.1) is 29.1 Å². The lowest BCUT2D eigenvalue weighted by Crippen LogP contribution is -2.28. The Morgan fingerprint density at radius 2 is 2.14 bits per heavy atom. The van der Waals surface area contributed by atoms with E-state index in [9.17, 15) is 4.79 Å². The Hall–Kier alpha value is -2.21. The Balaban J connectivity index is 2.46. The van der Waals surface area contributed by atoms with Gasteiger partial charge in [-0.15, -0.1) is 0 Å². The molecule has 1 aromatic heterocycles. The van der Waals surface area contributed by atoms with Crippen LogP contribution in [-0.2, 0) is 11.8 Å². The standard InChI is InChI=1S/C14H17ClN4O2/c1-8-11(14(21-3)19(2)18-8)12(13(16)20)17-10-7-5-4-6-9(10)15/h4-7,12,17H,1-3H3,(H2,16,20). The topological polar surface area (TPSA) is 82.2 Å². The lowest BCUT2D eigenvalue weighted by atomic mass is 10.1. The largest absolute Gasteiger partial charge is 0.481 e. The molecular formula is C14H17ClN4O2. The van der Waals surface area contributed by atoms with Crippen LogP contribution in [0.3, 0.4) is 0 Å². The Kier molecular flexibility index (Phi) is 4.37. The molecule has 1 aromatic carbocycles. The molecule has 0 radical (unpaired) electrons. The van der Waals surface area contributed by atoms with Crippen molar-refractivity contribution in [3.8, 4) is 5.88 Å². The van der Waals surface area contributed by atoms with Crippen molar-refractivity contribution in [3.05, 3.63) is 40.5 Å². The molecule has 0 spiro atoms. The highest BCUT2D eigenvalue weighted by atomic mass is 35.5. The SMILES string of the molecule is COc1c(C(Nc2ccccc2Cl)C(N)=O)c(C)nn1C. The van der Waals surface area contributed by atoms with Crippen LogP contribution in [-0.4, -0.2) is 22.8 Å². The summed E-state index contributed by atoms with van der Waals surface area (Å²) >= 11 is 6.11. The van der Waals surface area contributed by atoms with Gasteiger partial charge in [-0.3, -0.25) is 4.79 Å². The number of aryl methyl sites for hydroxylation is 2. The predicted octanol–water partition coefficient (Wildman–Crippen LogP) is 2.03. The summed E-state index contributed by atoms with van der Waals surface area (Å²) in [6.45, 7) is 1.79. The molecule has 112 valence electrons. The van der Waals surface area contributed by atoms with E-state index in [2.05, 4.69) is 10.4 Å². The van der Waals surface area contributed by atoms with Crippen LogP contribution in [0.2, 0.25) is 5.02 Å². The molecule has 0 fully saturated rings. The first-order chi connectivity index (χ1) is 9.95. The second kappa shape index (κ2) is 6.05. The van der Waals surface area contributed by atoms with Crippen molar-refractivity contribution in [3.63, 3.8) is 0 Å². The third kappa shape index (κ3) is 2.95. The maximum Gasteiger partial charge on any atom is 0.244 e. The molecule has 2 aromatic rings. The van der Waals surface area contributed by atoms with E-state index in [-0.39, 0.29) is 0 Å². The highest BCUT2D eigenvalue weighted by Crippen LogP contribution is 2.32. The number of nitrogens with one attached hydrogen (secondary N) is 1. The summed E-state index contributed by atoms with van der Waals surface area (Å²) in [5.74, 6) is -0.0554. The summed E-state index contributed by atoms with van der Waals surface area (Å²) in [7, 11) is 3.26. The number of halogens is 1. The van der Waals surface area contributed by atoms with Gasteiger partial charge in [0.1, 0.15) is 6.04 Å². The van der Waals surface area contributed by atoms with Gasteiger partial charge in [-0.25, -0.2) is 4.68 Å². The first-order valence-corrected chi connectivity index (χ1v) is 6.71. The highest BCUT2D eigenvalue weighted by Gasteiger charge is 2.28. The van der Waals surface area contributed by atoms with Gasteiger partial charge >= 0.3 is 0 Å². The second-order valence-electron chi connectivity index (χ2n) is 4.59. The fourth-order valence-corrected chi connectivity index (χ4v) is 2.44. The van der Waals surface area contributed by atoms with Crippen LogP contribution in [0.15, 0.2) is 24.3 Å². The molecule has 1 heterocycles. The molecule has 0 saturated heterocycles. The van der Waals surface area contributed by atoms with E-state index in [4.69, 9.17) is 22.1 Å². The van der Waals surface area contributed by atoms with E-state index < -0.39 is 11.9 Å². The van der Waals surface area contributed by atoms with Crippen molar-refractivity contribution in [2.75, 3.05) is 12.4 Å². The normalized spacial score (nSPS) is 12.0. The number of ether oxygens (including phenoxy) is 1. The molecule has 0 saturated carbocycles. The van der Waals surface area contributed by atoms with Gasteiger partial charge in [-0.1, -0.05) is 23.7 Å². The van der Waals surface area contributed by atoms with E-state index in [1.807, 2.05) is 12.1 Å².